The smallest absolute Gasteiger partial charge is 0.196 e. The van der Waals surface area contributed by atoms with Crippen molar-refractivity contribution in [2.45, 2.75) is 6.92 Å². The largest absolute Gasteiger partial charge is 0.250 e. The van der Waals surface area contributed by atoms with Crippen LogP contribution in [-0.4, -0.2) is 15.0 Å². The third kappa shape index (κ3) is 4.54. The Balaban J connectivity index is 1.59. The predicted octanol–water partition coefficient (Wildman–Crippen LogP) is 3.11. The van der Waals surface area contributed by atoms with Crippen molar-refractivity contribution in [3.8, 4) is 29.6 Å². The molecule has 0 unspecified atom stereocenters. The first kappa shape index (κ1) is 26.0. The lowest BCUT2D eigenvalue weighted by molar-refractivity contribution is 0.992. The van der Waals surface area contributed by atoms with Crippen LogP contribution >= 0.6 is 0 Å². The van der Waals surface area contributed by atoms with Gasteiger partial charge in [0.1, 0.15) is 23.3 Å². The van der Waals surface area contributed by atoms with Crippen LogP contribution in [0.4, 0.5) is 11.4 Å². The molecule has 2 aliphatic rings. The summed E-state index contributed by atoms with van der Waals surface area (Å²) in [6, 6.07) is 21.4. The van der Waals surface area contributed by atoms with Gasteiger partial charge in [-0.3, -0.25) is 9.69 Å². The van der Waals surface area contributed by atoms with Gasteiger partial charge in [-0.15, -0.1) is 0 Å². The van der Waals surface area contributed by atoms with Gasteiger partial charge < -0.3 is 0 Å². The number of aryl methyl sites for hydroxylation is 1. The Bertz CT molecular complexity index is 2400. The second kappa shape index (κ2) is 10.4. The molecule has 196 valence electrons. The fourth-order valence-electron chi connectivity index (χ4n) is 4.34. The van der Waals surface area contributed by atoms with Crippen LogP contribution in [0.15, 0.2) is 86.2 Å². The quantitative estimate of drug-likeness (QED) is 0.279. The van der Waals surface area contributed by atoms with Gasteiger partial charge in [-0.1, -0.05) is 30.3 Å². The molecule has 0 aliphatic carbocycles. The molecule has 0 atom stereocenters. The Morgan fingerprint density at radius 2 is 1.16 bits per heavy atom. The standard InChI is InChI=1S/C31H12N12/c1-16-9-23-24(10-18(16)13-32)38-28(37-23)19(14-33)30-41-27(17-7-5-4-6-8-17)42-31(43-30)20(15-34)29-39-25-11-21(35-2)22(36-3)12-26(25)40-29/h4-12H,1H3/b28-19-. The molecule has 43 heavy (non-hydrogen) atoms. The highest BCUT2D eigenvalue weighted by molar-refractivity contribution is 5.80. The van der Waals surface area contributed by atoms with E-state index in [9.17, 15) is 15.8 Å². The lowest BCUT2D eigenvalue weighted by Crippen LogP contribution is -2.22. The normalized spacial score (nSPS) is 13.2. The minimum absolute atomic E-state index is 0.0139. The zero-order valence-electron chi connectivity index (χ0n) is 22.1. The maximum atomic E-state index is 10.2. The second-order valence-corrected chi connectivity index (χ2v) is 9.06. The fraction of sp³-hybridized carbons (Fsp3) is 0.0323. The molecule has 0 N–H and O–H groups in total. The molecule has 4 aromatic rings. The van der Waals surface area contributed by atoms with Crippen molar-refractivity contribution in [3.63, 3.8) is 0 Å². The van der Waals surface area contributed by atoms with Gasteiger partial charge in [0.2, 0.25) is 0 Å². The van der Waals surface area contributed by atoms with Crippen molar-refractivity contribution in [2.24, 2.45) is 20.0 Å². The Morgan fingerprint density at radius 1 is 0.674 bits per heavy atom. The number of fused-ring (bicyclic) bond motifs is 2. The molecule has 0 bridgehead atoms. The van der Waals surface area contributed by atoms with Crippen molar-refractivity contribution in [3.05, 3.63) is 133 Å². The number of hydrogen-bond donors (Lipinski definition) is 0. The highest BCUT2D eigenvalue weighted by Gasteiger charge is 2.22. The SMILES string of the molecule is [C-]#[N+]c1cc2c(cc1[N+]#[C-])=NC(=C(C#N)c1nc(/C(C#N)=C3/N=c4cc(C)c(C#N)cc4=N3)nc(-c3ccccc3)n1)N=2. The van der Waals surface area contributed by atoms with Gasteiger partial charge >= 0.3 is 0 Å². The maximum Gasteiger partial charge on any atom is 0.196 e. The van der Waals surface area contributed by atoms with Crippen LogP contribution < -0.4 is 21.4 Å². The fourth-order valence-corrected chi connectivity index (χ4v) is 4.34. The summed E-state index contributed by atoms with van der Waals surface area (Å²) in [4.78, 5) is 38.0. The average Bonchev–Trinajstić information content (AvgIpc) is 3.64. The molecule has 2 aliphatic heterocycles. The average molecular weight is 553 g/mol. The predicted molar refractivity (Wildman–Crippen MR) is 150 cm³/mol. The second-order valence-electron chi connectivity index (χ2n) is 9.06. The van der Waals surface area contributed by atoms with Crippen LogP contribution in [0.2, 0.25) is 0 Å². The van der Waals surface area contributed by atoms with Crippen molar-refractivity contribution >= 4 is 22.5 Å². The Labute approximate surface area is 242 Å². The molecule has 0 fully saturated rings. The van der Waals surface area contributed by atoms with E-state index in [1.165, 1.54) is 12.1 Å². The molecule has 0 spiro atoms. The Kier molecular flexibility index (Phi) is 6.31. The van der Waals surface area contributed by atoms with Crippen LogP contribution in [0, 0.1) is 54.1 Å². The molecule has 0 saturated carbocycles. The lowest BCUT2D eigenvalue weighted by atomic mass is 10.1. The van der Waals surface area contributed by atoms with E-state index in [0.717, 1.165) is 5.56 Å². The van der Waals surface area contributed by atoms with Gasteiger partial charge in [-0.05, 0) is 36.8 Å². The summed E-state index contributed by atoms with van der Waals surface area (Å²) in [5.74, 6) is 0.0501. The Hall–Kier alpha value is -7.20. The maximum absolute atomic E-state index is 10.2. The van der Waals surface area contributed by atoms with Gasteiger partial charge in [0.25, 0.3) is 0 Å². The van der Waals surface area contributed by atoms with E-state index in [1.807, 2.05) is 6.07 Å². The van der Waals surface area contributed by atoms with Crippen LogP contribution in [0.1, 0.15) is 22.8 Å². The number of nitriles is 3. The van der Waals surface area contributed by atoms with Crippen molar-refractivity contribution in [1.82, 2.24) is 15.0 Å². The first-order valence-electron chi connectivity index (χ1n) is 12.4. The third-order valence-electron chi connectivity index (χ3n) is 6.45. The molecule has 0 radical (unpaired) electrons. The van der Waals surface area contributed by atoms with Crippen LogP contribution in [0.5, 0.6) is 0 Å². The molecule has 3 heterocycles. The van der Waals surface area contributed by atoms with Crippen molar-refractivity contribution in [1.29, 1.82) is 15.8 Å². The van der Waals surface area contributed by atoms with E-state index < -0.39 is 0 Å². The molecular formula is C31H12N12. The van der Waals surface area contributed by atoms with Crippen molar-refractivity contribution < 1.29 is 0 Å². The lowest BCUT2D eigenvalue weighted by Gasteiger charge is -2.07. The molecular weight excluding hydrogens is 540 g/mol. The van der Waals surface area contributed by atoms with Gasteiger partial charge in [0.15, 0.2) is 40.5 Å². The molecule has 0 saturated heterocycles. The molecule has 3 aromatic carbocycles. The first-order chi connectivity index (χ1) is 21.0. The summed E-state index contributed by atoms with van der Waals surface area (Å²) >= 11 is 0. The zero-order chi connectivity index (χ0) is 30.1. The van der Waals surface area contributed by atoms with Gasteiger partial charge in [0.05, 0.1) is 46.2 Å². The molecule has 12 nitrogen and oxygen atoms in total. The molecule has 1 aromatic heterocycles. The van der Waals surface area contributed by atoms with E-state index in [2.05, 4.69) is 62.8 Å². The third-order valence-corrected chi connectivity index (χ3v) is 6.45. The first-order valence-corrected chi connectivity index (χ1v) is 12.4. The highest BCUT2D eigenvalue weighted by Crippen LogP contribution is 2.27. The number of nitrogens with zero attached hydrogens (tertiary/aromatic N) is 12. The number of rotatable bonds is 3. The minimum Gasteiger partial charge on any atom is -0.250 e. The van der Waals surface area contributed by atoms with Crippen LogP contribution in [-0.2, 0) is 0 Å². The Morgan fingerprint density at radius 3 is 1.63 bits per heavy atom. The van der Waals surface area contributed by atoms with Gasteiger partial charge in [-0.2, -0.15) is 15.8 Å². The van der Waals surface area contributed by atoms with E-state index in [-0.39, 0.29) is 51.6 Å². The summed E-state index contributed by atoms with van der Waals surface area (Å²) in [6.45, 7) is 16.5. The monoisotopic (exact) mass is 552 g/mol. The van der Waals surface area contributed by atoms with E-state index in [0.29, 0.717) is 32.6 Å². The highest BCUT2D eigenvalue weighted by atomic mass is 15.1. The van der Waals surface area contributed by atoms with E-state index in [1.54, 1.807) is 43.3 Å². The van der Waals surface area contributed by atoms with Gasteiger partial charge in [0, 0.05) is 5.56 Å². The molecule has 6 rings (SSSR count). The number of hydrogen-bond acceptors (Lipinski definition) is 10. The number of allylic oxidation sites excluding steroid dienone is 2. The summed E-state index contributed by atoms with van der Waals surface area (Å²) < 4.78 is 0. The zero-order valence-corrected chi connectivity index (χ0v) is 22.1. The van der Waals surface area contributed by atoms with E-state index in [4.69, 9.17) is 13.1 Å². The molecule has 12 heteroatoms. The van der Waals surface area contributed by atoms with Crippen molar-refractivity contribution in [2.75, 3.05) is 0 Å². The topological polar surface area (TPSA) is 168 Å². The number of benzene rings is 3. The molecule has 0 amide bonds. The van der Waals surface area contributed by atoms with Crippen LogP contribution in [0.3, 0.4) is 0 Å². The summed E-state index contributed by atoms with van der Waals surface area (Å²) in [5, 5.41) is 31.4. The summed E-state index contributed by atoms with van der Waals surface area (Å²) in [7, 11) is 0. The van der Waals surface area contributed by atoms with E-state index >= 15 is 0 Å². The minimum atomic E-state index is -0.106. The summed E-state index contributed by atoms with van der Waals surface area (Å²) in [6.07, 6.45) is 0. The summed E-state index contributed by atoms with van der Waals surface area (Å²) in [5.41, 5.74) is 1.82. The van der Waals surface area contributed by atoms with Gasteiger partial charge in [-0.25, -0.2) is 34.9 Å². The van der Waals surface area contributed by atoms with Crippen LogP contribution in [0.25, 0.3) is 32.2 Å². The number of aromatic nitrogens is 3.